The molecule has 8 heteroatoms. The molecule has 100 valence electrons. The second-order valence-corrected chi connectivity index (χ2v) is 6.76. The average molecular weight is 279 g/mol. The van der Waals surface area contributed by atoms with Crippen molar-refractivity contribution in [2.75, 3.05) is 6.26 Å². The first-order chi connectivity index (χ1) is 8.18. The van der Waals surface area contributed by atoms with Gasteiger partial charge in [0.15, 0.2) is 0 Å². The first-order valence-electron chi connectivity index (χ1n) is 4.92. The zero-order valence-electron chi connectivity index (χ0n) is 9.68. The molecule has 1 heterocycles. The summed E-state index contributed by atoms with van der Waals surface area (Å²) < 4.78 is 50.3. The van der Waals surface area contributed by atoms with Gasteiger partial charge in [-0.15, -0.1) is 4.36 Å². The number of halogens is 3. The molecule has 0 radical (unpaired) electrons. The highest BCUT2D eigenvalue weighted by molar-refractivity contribution is 7.99. The SMILES string of the molecule is C[C@H](c1ccc(C(F)(F)F)nc1)[SH](C)(O)=NC#N. The Balaban J connectivity index is 3.08. The Labute approximate surface area is 103 Å². The molecule has 0 saturated carbocycles. The molecule has 0 aliphatic rings. The number of alkyl halides is 3. The van der Waals surface area contributed by atoms with E-state index in [1.54, 1.807) is 6.92 Å². The molecule has 4 nitrogen and oxygen atoms in total. The Bertz CT molecular complexity index is 513. The quantitative estimate of drug-likeness (QED) is 0.646. The summed E-state index contributed by atoms with van der Waals surface area (Å²) in [4.78, 5) is 3.30. The number of aromatic nitrogens is 1. The third-order valence-electron chi connectivity index (χ3n) is 2.54. The normalized spacial score (nSPS) is 14.7. The summed E-state index contributed by atoms with van der Waals surface area (Å²) >= 11 is 0. The van der Waals surface area contributed by atoms with Crippen LogP contribution in [0.25, 0.3) is 0 Å². The third kappa shape index (κ3) is 3.27. The van der Waals surface area contributed by atoms with Crippen molar-refractivity contribution in [3.63, 3.8) is 0 Å². The molecule has 1 rings (SSSR count). The van der Waals surface area contributed by atoms with Crippen LogP contribution in [-0.4, -0.2) is 15.8 Å². The lowest BCUT2D eigenvalue weighted by molar-refractivity contribution is -0.141. The maximum Gasteiger partial charge on any atom is 0.433 e. The maximum atomic E-state index is 12.3. The second kappa shape index (κ2) is 5.04. The minimum absolute atomic E-state index is 0.417. The van der Waals surface area contributed by atoms with Crippen LogP contribution in [0.3, 0.4) is 0 Å². The summed E-state index contributed by atoms with van der Waals surface area (Å²) in [7, 11) is -2.87. The number of nitrogens with zero attached hydrogens (tertiary/aromatic N) is 3. The first-order valence-corrected chi connectivity index (χ1v) is 7.13. The largest absolute Gasteiger partial charge is 0.433 e. The topological polar surface area (TPSA) is 69.3 Å². The molecule has 18 heavy (non-hydrogen) atoms. The van der Waals surface area contributed by atoms with E-state index in [4.69, 9.17) is 5.26 Å². The van der Waals surface area contributed by atoms with Gasteiger partial charge in [0.05, 0.1) is 0 Å². The minimum atomic E-state index is -4.49. The number of hydrogen-bond donors (Lipinski definition) is 2. The summed E-state index contributed by atoms with van der Waals surface area (Å²) in [5.74, 6) is 0. The van der Waals surface area contributed by atoms with E-state index < -0.39 is 27.2 Å². The maximum absolute atomic E-state index is 12.3. The average Bonchev–Trinajstić information content (AvgIpc) is 2.27. The molecule has 0 aliphatic heterocycles. The van der Waals surface area contributed by atoms with Crippen molar-refractivity contribution in [1.82, 2.24) is 4.98 Å². The van der Waals surface area contributed by atoms with E-state index in [2.05, 4.69) is 9.35 Å². The molecular formula is C10H12F3N3OS. The highest BCUT2D eigenvalue weighted by atomic mass is 32.3. The van der Waals surface area contributed by atoms with E-state index in [-0.39, 0.29) is 0 Å². The Kier molecular flexibility index (Phi) is 4.09. The van der Waals surface area contributed by atoms with Crippen LogP contribution in [0.4, 0.5) is 13.2 Å². The van der Waals surface area contributed by atoms with Crippen LogP contribution in [0.15, 0.2) is 22.7 Å². The van der Waals surface area contributed by atoms with Gasteiger partial charge in [0, 0.05) is 11.4 Å². The van der Waals surface area contributed by atoms with Crippen molar-refractivity contribution in [1.29, 1.82) is 5.26 Å². The number of nitriles is 1. The number of thiol groups is 1. The van der Waals surface area contributed by atoms with E-state index >= 15 is 0 Å². The number of hydrogen-bond acceptors (Lipinski definition) is 3. The van der Waals surface area contributed by atoms with Crippen molar-refractivity contribution < 1.29 is 17.7 Å². The minimum Gasteiger partial charge on any atom is -0.343 e. The van der Waals surface area contributed by atoms with Crippen LogP contribution in [0.1, 0.15) is 23.4 Å². The zero-order chi connectivity index (χ0) is 14.0. The Morgan fingerprint density at radius 1 is 1.50 bits per heavy atom. The second-order valence-electron chi connectivity index (χ2n) is 3.83. The number of rotatable bonds is 2. The van der Waals surface area contributed by atoms with Gasteiger partial charge in [0.1, 0.15) is 5.69 Å². The summed E-state index contributed by atoms with van der Waals surface area (Å²) in [6.07, 6.45) is -0.506. The van der Waals surface area contributed by atoms with E-state index in [9.17, 15) is 17.7 Å². The summed E-state index contributed by atoms with van der Waals surface area (Å²) in [6, 6.07) is 2.08. The molecule has 0 spiro atoms. The Morgan fingerprint density at radius 2 is 2.11 bits per heavy atom. The zero-order valence-corrected chi connectivity index (χ0v) is 10.6. The molecule has 0 amide bonds. The molecule has 0 aliphatic carbocycles. The number of pyridine rings is 1. The van der Waals surface area contributed by atoms with Crippen LogP contribution < -0.4 is 0 Å². The molecule has 1 atom stereocenters. The van der Waals surface area contributed by atoms with E-state index in [1.807, 2.05) is 0 Å². The van der Waals surface area contributed by atoms with Gasteiger partial charge in [-0.3, -0.25) is 4.98 Å². The van der Waals surface area contributed by atoms with Crippen molar-refractivity contribution >= 4 is 10.1 Å². The van der Waals surface area contributed by atoms with Gasteiger partial charge in [-0.05, 0) is 24.8 Å². The highest BCUT2D eigenvalue weighted by Gasteiger charge is 2.32. The lowest BCUT2D eigenvalue weighted by Gasteiger charge is -2.24. The molecule has 0 saturated heterocycles. The van der Waals surface area contributed by atoms with Crippen molar-refractivity contribution in [2.45, 2.75) is 18.3 Å². The van der Waals surface area contributed by atoms with Crippen molar-refractivity contribution in [3.05, 3.63) is 29.6 Å². The van der Waals surface area contributed by atoms with E-state index in [0.29, 0.717) is 5.56 Å². The molecular weight excluding hydrogens is 267 g/mol. The Hall–Kier alpha value is -1.46. The molecule has 1 aromatic rings. The van der Waals surface area contributed by atoms with Gasteiger partial charge in [-0.1, -0.05) is 16.2 Å². The summed E-state index contributed by atoms with van der Waals surface area (Å²) in [6.45, 7) is 1.60. The fourth-order valence-corrected chi connectivity index (χ4v) is 2.35. The van der Waals surface area contributed by atoms with Gasteiger partial charge < -0.3 is 4.55 Å². The van der Waals surface area contributed by atoms with Gasteiger partial charge in [0.25, 0.3) is 0 Å². The fourth-order valence-electron chi connectivity index (χ4n) is 1.28. The van der Waals surface area contributed by atoms with Crippen molar-refractivity contribution in [2.24, 2.45) is 4.36 Å². The smallest absolute Gasteiger partial charge is 0.343 e. The van der Waals surface area contributed by atoms with Crippen LogP contribution in [-0.2, 0) is 16.3 Å². The van der Waals surface area contributed by atoms with E-state index in [1.165, 1.54) is 18.5 Å². The van der Waals surface area contributed by atoms with Crippen LogP contribution in [0.5, 0.6) is 0 Å². The summed E-state index contributed by atoms with van der Waals surface area (Å²) in [5.41, 5.74) is -0.575. The first kappa shape index (κ1) is 14.6. The van der Waals surface area contributed by atoms with Crippen molar-refractivity contribution in [3.8, 4) is 6.19 Å². The molecule has 1 aromatic heterocycles. The monoisotopic (exact) mass is 279 g/mol. The fraction of sp³-hybridized carbons (Fsp3) is 0.400. The third-order valence-corrected chi connectivity index (χ3v) is 4.80. The van der Waals surface area contributed by atoms with Gasteiger partial charge in [-0.25, -0.2) is 0 Å². The van der Waals surface area contributed by atoms with Crippen LogP contribution in [0, 0.1) is 11.5 Å². The Morgan fingerprint density at radius 3 is 2.50 bits per heavy atom. The predicted octanol–water partition coefficient (Wildman–Crippen LogP) is 2.82. The molecule has 0 unspecified atom stereocenters. The molecule has 0 fully saturated rings. The summed E-state index contributed by atoms with van der Waals surface area (Å²) in [5, 5.41) is 7.90. The lowest BCUT2D eigenvalue weighted by atomic mass is 10.2. The molecule has 1 N–H and O–H groups in total. The predicted molar refractivity (Wildman–Crippen MR) is 63.0 cm³/mol. The van der Waals surface area contributed by atoms with Crippen LogP contribution >= 0.6 is 0 Å². The van der Waals surface area contributed by atoms with E-state index in [0.717, 1.165) is 12.3 Å². The van der Waals surface area contributed by atoms with Gasteiger partial charge in [-0.2, -0.15) is 18.4 Å². The molecule has 0 aromatic carbocycles. The molecule has 0 bridgehead atoms. The lowest BCUT2D eigenvalue weighted by Crippen LogP contribution is -2.16. The van der Waals surface area contributed by atoms with Gasteiger partial charge in [0.2, 0.25) is 6.19 Å². The highest BCUT2D eigenvalue weighted by Crippen LogP contribution is 2.30. The standard InChI is InChI=1S/C10H12F3N3OS/c1-7(18(2,17)16-6-14)8-3-4-9(15-5-8)10(11,12)13/h3-5,7,18H,1-2H3,(H,16,17)/t7-/m1/s1. The van der Waals surface area contributed by atoms with Gasteiger partial charge >= 0.3 is 6.18 Å². The van der Waals surface area contributed by atoms with Crippen LogP contribution in [0.2, 0.25) is 0 Å².